The minimum atomic E-state index is -1.57. The van der Waals surface area contributed by atoms with E-state index in [1.165, 1.54) is 0 Å². The highest BCUT2D eigenvalue weighted by molar-refractivity contribution is 6.43. The molecule has 2 heterocycles. The van der Waals surface area contributed by atoms with E-state index in [0.29, 0.717) is 38.8 Å². The van der Waals surface area contributed by atoms with Crippen molar-refractivity contribution in [2.75, 3.05) is 6.54 Å². The summed E-state index contributed by atoms with van der Waals surface area (Å²) in [6.45, 7) is 8.54. The van der Waals surface area contributed by atoms with Crippen LogP contribution in [0.3, 0.4) is 0 Å². The minimum absolute atomic E-state index is 0.151. The average Bonchev–Trinajstić information content (AvgIpc) is 3.56. The Balaban J connectivity index is 1.46. The first-order valence-electron chi connectivity index (χ1n) is 16.3. The lowest BCUT2D eigenvalue weighted by molar-refractivity contribution is -0.134. The van der Waals surface area contributed by atoms with Crippen molar-refractivity contribution in [2.45, 2.75) is 135 Å². The van der Waals surface area contributed by atoms with E-state index in [1.807, 2.05) is 31.2 Å². The Bertz CT molecular complexity index is 1110. The Labute approximate surface area is 267 Å². The molecule has 2 aliphatic rings. The van der Waals surface area contributed by atoms with Crippen LogP contribution < -0.4 is 10.6 Å². The number of rotatable bonds is 16. The molecule has 4 amide bonds. The van der Waals surface area contributed by atoms with Crippen LogP contribution in [0.25, 0.3) is 0 Å². The summed E-state index contributed by atoms with van der Waals surface area (Å²) in [5, 5.41) is 23.8. The van der Waals surface area contributed by atoms with E-state index in [1.54, 1.807) is 30.6 Å². The third kappa shape index (κ3) is 11.8. The van der Waals surface area contributed by atoms with Crippen LogP contribution in [0.1, 0.15) is 103 Å². The molecule has 1 saturated heterocycles. The first-order valence-corrected chi connectivity index (χ1v) is 16.3. The van der Waals surface area contributed by atoms with Crippen LogP contribution in [0.5, 0.6) is 0 Å². The van der Waals surface area contributed by atoms with Gasteiger partial charge in [-0.2, -0.15) is 0 Å². The molecule has 4 N–H and O–H groups in total. The maximum absolute atomic E-state index is 13.7. The molecule has 1 unspecified atom stereocenters. The fourth-order valence-electron chi connectivity index (χ4n) is 5.96. The summed E-state index contributed by atoms with van der Waals surface area (Å²) in [6.07, 6.45) is 6.76. The molecular weight excluding hydrogens is 579 g/mol. The smallest absolute Gasteiger partial charge is 0.444 e. The molecule has 4 atom stereocenters. The second kappa shape index (κ2) is 17.4. The maximum atomic E-state index is 13.7. The molecule has 0 aliphatic carbocycles. The quantitative estimate of drug-likeness (QED) is 0.122. The number of carbonyl (C=O) groups excluding carboxylic acids is 4. The minimum Gasteiger partial charge on any atom is -0.444 e. The molecule has 250 valence electrons. The Morgan fingerprint density at radius 2 is 1.58 bits per heavy atom. The van der Waals surface area contributed by atoms with Crippen molar-refractivity contribution in [1.29, 1.82) is 0 Å². The summed E-state index contributed by atoms with van der Waals surface area (Å²) in [4.78, 5) is 53.3. The van der Waals surface area contributed by atoms with Crippen LogP contribution in [0, 0.1) is 0 Å². The van der Waals surface area contributed by atoms with Gasteiger partial charge in [0.25, 0.3) is 0 Å². The largest absolute Gasteiger partial charge is 0.475 e. The molecule has 45 heavy (non-hydrogen) atoms. The van der Waals surface area contributed by atoms with Gasteiger partial charge in [0.1, 0.15) is 17.7 Å². The van der Waals surface area contributed by atoms with Crippen molar-refractivity contribution in [2.24, 2.45) is 0 Å². The van der Waals surface area contributed by atoms with E-state index in [2.05, 4.69) is 10.6 Å². The number of nitrogens with one attached hydrogen (secondary N) is 2. The van der Waals surface area contributed by atoms with Crippen molar-refractivity contribution in [1.82, 2.24) is 20.4 Å². The highest BCUT2D eigenvalue weighted by Crippen LogP contribution is 2.26. The van der Waals surface area contributed by atoms with E-state index in [-0.39, 0.29) is 24.6 Å². The molecule has 0 bridgehead atoms. The first-order chi connectivity index (χ1) is 21.4. The summed E-state index contributed by atoms with van der Waals surface area (Å²) in [6, 6.07) is 7.03. The normalized spacial score (nSPS) is 19.0. The number of fused-ring (bicyclic) bond motifs is 1. The summed E-state index contributed by atoms with van der Waals surface area (Å²) in [5.74, 6) is -0.858. The zero-order chi connectivity index (χ0) is 33.0. The SMILES string of the molecule is CC1C[C@@H](OC(=O)N2Cc3ccccc3C2)CN1C(=O)[C@H](CCCCCCCCC[C@H](NC=O)B(O)O)NC(=O)OC(C)(C)C. The predicted molar refractivity (Wildman–Crippen MR) is 170 cm³/mol. The van der Waals surface area contributed by atoms with Gasteiger partial charge in [0.15, 0.2) is 0 Å². The highest BCUT2D eigenvalue weighted by atomic mass is 16.6. The first kappa shape index (κ1) is 36.2. The number of ether oxygens (including phenoxy) is 2. The van der Waals surface area contributed by atoms with E-state index in [0.717, 1.165) is 56.1 Å². The Morgan fingerprint density at radius 3 is 2.13 bits per heavy atom. The van der Waals surface area contributed by atoms with Gasteiger partial charge in [0.05, 0.1) is 12.5 Å². The Kier molecular flexibility index (Phi) is 14.0. The molecule has 12 nitrogen and oxygen atoms in total. The zero-order valence-electron chi connectivity index (χ0n) is 27.2. The maximum Gasteiger partial charge on any atom is 0.475 e. The molecule has 0 saturated carbocycles. The summed E-state index contributed by atoms with van der Waals surface area (Å²) >= 11 is 0. The molecule has 3 rings (SSSR count). The fourth-order valence-corrected chi connectivity index (χ4v) is 5.96. The number of hydrogen-bond donors (Lipinski definition) is 4. The standard InChI is InChI=1S/C32H51BN4O8/c1-23-18-26(44-31(41)36-19-24-14-12-13-15-25(24)20-36)21-37(23)29(39)27(35-30(40)45-32(2,3)4)16-10-8-6-5-7-9-11-17-28(33(42)43)34-22-38/h12-15,22-23,26-28,42-43H,5-11,16-21H2,1-4H3,(H,34,38)(H,35,40)/t23?,26-,27+,28+/m1/s1. The van der Waals surface area contributed by atoms with Crippen LogP contribution in [0.4, 0.5) is 9.59 Å². The summed E-state index contributed by atoms with van der Waals surface area (Å²) in [7, 11) is -1.57. The molecule has 2 aliphatic heterocycles. The van der Waals surface area contributed by atoms with Crippen LogP contribution in [-0.2, 0) is 32.2 Å². The third-order valence-corrected chi connectivity index (χ3v) is 8.32. The Morgan fingerprint density at radius 1 is 1.00 bits per heavy atom. The summed E-state index contributed by atoms with van der Waals surface area (Å²) < 4.78 is 11.3. The Hall–Kier alpha value is -3.32. The van der Waals surface area contributed by atoms with Crippen LogP contribution in [-0.4, -0.2) is 87.7 Å². The van der Waals surface area contributed by atoms with Gasteiger partial charge in [-0.15, -0.1) is 0 Å². The van der Waals surface area contributed by atoms with Gasteiger partial charge >= 0.3 is 19.3 Å². The monoisotopic (exact) mass is 630 g/mol. The number of unbranched alkanes of at least 4 members (excludes halogenated alkanes) is 6. The molecule has 13 heteroatoms. The number of nitrogens with zero attached hydrogens (tertiary/aromatic N) is 2. The number of alkyl carbamates (subject to hydrolysis) is 1. The highest BCUT2D eigenvalue weighted by Gasteiger charge is 2.39. The van der Waals surface area contributed by atoms with Crippen molar-refractivity contribution < 1.29 is 38.7 Å². The van der Waals surface area contributed by atoms with Gasteiger partial charge in [0.2, 0.25) is 12.3 Å². The lowest BCUT2D eigenvalue weighted by Crippen LogP contribution is -2.50. The van der Waals surface area contributed by atoms with Gasteiger partial charge in [-0.25, -0.2) is 9.59 Å². The second-order valence-electron chi connectivity index (χ2n) is 13.3. The molecule has 1 aromatic carbocycles. The van der Waals surface area contributed by atoms with Gasteiger partial charge in [-0.3, -0.25) is 14.5 Å². The van der Waals surface area contributed by atoms with Gasteiger partial charge in [-0.1, -0.05) is 69.2 Å². The molecule has 1 aromatic rings. The van der Waals surface area contributed by atoms with E-state index >= 15 is 0 Å². The van der Waals surface area contributed by atoms with E-state index < -0.39 is 36.9 Å². The van der Waals surface area contributed by atoms with Crippen LogP contribution in [0.15, 0.2) is 24.3 Å². The lowest BCUT2D eigenvalue weighted by atomic mass is 9.76. The molecule has 1 fully saturated rings. The second-order valence-corrected chi connectivity index (χ2v) is 13.3. The van der Waals surface area contributed by atoms with Crippen molar-refractivity contribution >= 4 is 31.6 Å². The fraction of sp³-hybridized carbons (Fsp3) is 0.688. The number of hydrogen-bond acceptors (Lipinski definition) is 8. The van der Waals surface area contributed by atoms with Gasteiger partial charge in [-0.05, 0) is 51.7 Å². The van der Waals surface area contributed by atoms with Crippen molar-refractivity contribution in [3.63, 3.8) is 0 Å². The summed E-state index contributed by atoms with van der Waals surface area (Å²) in [5.41, 5.74) is 1.52. The van der Waals surface area contributed by atoms with Gasteiger partial charge < -0.3 is 35.1 Å². The van der Waals surface area contributed by atoms with Crippen LogP contribution in [0.2, 0.25) is 0 Å². The number of likely N-dealkylation sites (tertiary alicyclic amines) is 1. The van der Waals surface area contributed by atoms with E-state index in [4.69, 9.17) is 9.47 Å². The van der Waals surface area contributed by atoms with Gasteiger partial charge in [0, 0.05) is 25.6 Å². The van der Waals surface area contributed by atoms with Crippen LogP contribution >= 0.6 is 0 Å². The molecular formula is C32H51BN4O8. The molecule has 0 radical (unpaired) electrons. The third-order valence-electron chi connectivity index (χ3n) is 8.32. The molecule has 0 spiro atoms. The topological polar surface area (TPSA) is 158 Å². The number of carbonyl (C=O) groups is 4. The number of amides is 4. The van der Waals surface area contributed by atoms with Crippen molar-refractivity contribution in [3.05, 3.63) is 35.4 Å². The average molecular weight is 631 g/mol. The predicted octanol–water partition coefficient (Wildman–Crippen LogP) is 3.66. The van der Waals surface area contributed by atoms with Crippen molar-refractivity contribution in [3.8, 4) is 0 Å². The lowest BCUT2D eigenvalue weighted by Gasteiger charge is -2.28. The van der Waals surface area contributed by atoms with E-state index in [9.17, 15) is 29.2 Å². The molecule has 0 aromatic heterocycles. The number of benzene rings is 1. The zero-order valence-corrected chi connectivity index (χ0v) is 27.2.